The lowest BCUT2D eigenvalue weighted by molar-refractivity contribution is 0.922. The van der Waals surface area contributed by atoms with Crippen molar-refractivity contribution in [1.82, 2.24) is 14.5 Å². The Kier molecular flexibility index (Phi) is 1.96. The van der Waals surface area contributed by atoms with Crippen LogP contribution in [0.3, 0.4) is 0 Å². The van der Waals surface area contributed by atoms with Crippen LogP contribution in [0.15, 0.2) is 36.8 Å². The summed E-state index contributed by atoms with van der Waals surface area (Å²) in [6.45, 7) is 0. The maximum atomic E-state index is 4.13. The molecule has 0 aliphatic heterocycles. The molecule has 2 rings (SSSR count). The third-order valence-corrected chi connectivity index (χ3v) is 1.73. The van der Waals surface area contributed by atoms with Gasteiger partial charge in [0.15, 0.2) is 0 Å². The summed E-state index contributed by atoms with van der Waals surface area (Å²) in [7, 11) is 1.93. The number of hydrogen-bond donors (Lipinski definition) is 1. The van der Waals surface area contributed by atoms with Crippen molar-refractivity contribution in [2.45, 2.75) is 0 Å². The second kappa shape index (κ2) is 3.26. The van der Waals surface area contributed by atoms with Crippen molar-refractivity contribution in [2.24, 2.45) is 7.05 Å². The Morgan fingerprint density at radius 1 is 1.23 bits per heavy atom. The van der Waals surface area contributed by atoms with Gasteiger partial charge in [-0.15, -0.1) is 0 Å². The highest BCUT2D eigenvalue weighted by Crippen LogP contribution is 2.09. The number of anilines is 2. The minimum atomic E-state index is 0.790. The van der Waals surface area contributed by atoms with E-state index < -0.39 is 0 Å². The van der Waals surface area contributed by atoms with Gasteiger partial charge >= 0.3 is 0 Å². The molecule has 0 saturated carbocycles. The Morgan fingerprint density at radius 2 is 2.15 bits per heavy atom. The van der Waals surface area contributed by atoms with Gasteiger partial charge in [0.1, 0.15) is 5.82 Å². The Labute approximate surface area is 76.3 Å². The molecule has 1 N–H and O–H groups in total. The van der Waals surface area contributed by atoms with Gasteiger partial charge in [-0.2, -0.15) is 0 Å². The number of imidazole rings is 1. The zero-order valence-corrected chi connectivity index (χ0v) is 7.31. The summed E-state index contributed by atoms with van der Waals surface area (Å²) in [6.07, 6.45) is 5.36. The third-order valence-electron chi connectivity index (χ3n) is 1.73. The standard InChI is InChI=1S/C9H10N4/c1-13-7-6-11-9(13)12-8-4-2-3-5-10-8/h2-7H,1H3,(H,10,11,12). The molecular formula is C9H10N4. The van der Waals surface area contributed by atoms with Gasteiger partial charge in [-0.1, -0.05) is 6.07 Å². The number of pyridine rings is 1. The Hall–Kier alpha value is -1.84. The van der Waals surface area contributed by atoms with E-state index in [4.69, 9.17) is 0 Å². The molecule has 0 aliphatic rings. The highest BCUT2D eigenvalue weighted by molar-refractivity contribution is 5.47. The second-order valence-corrected chi connectivity index (χ2v) is 2.70. The van der Waals surface area contributed by atoms with Crippen LogP contribution in [0, 0.1) is 0 Å². The molecule has 0 aliphatic carbocycles. The smallest absolute Gasteiger partial charge is 0.208 e. The Balaban J connectivity index is 2.20. The SMILES string of the molecule is Cn1ccnc1Nc1ccccn1. The van der Waals surface area contributed by atoms with Gasteiger partial charge in [0.25, 0.3) is 0 Å². The van der Waals surface area contributed by atoms with Crippen molar-refractivity contribution in [3.63, 3.8) is 0 Å². The van der Waals surface area contributed by atoms with Gasteiger partial charge in [0.2, 0.25) is 5.95 Å². The molecule has 66 valence electrons. The predicted octanol–water partition coefficient (Wildman–Crippen LogP) is 1.56. The van der Waals surface area contributed by atoms with Crippen LogP contribution < -0.4 is 5.32 Å². The molecule has 2 aromatic rings. The number of aryl methyl sites for hydroxylation is 1. The first-order valence-corrected chi connectivity index (χ1v) is 4.01. The predicted molar refractivity (Wildman–Crippen MR) is 50.7 cm³/mol. The molecule has 0 radical (unpaired) electrons. The van der Waals surface area contributed by atoms with Crippen molar-refractivity contribution in [1.29, 1.82) is 0 Å². The third kappa shape index (κ3) is 1.66. The van der Waals surface area contributed by atoms with Crippen LogP contribution in [0.4, 0.5) is 11.8 Å². The molecule has 0 fully saturated rings. The van der Waals surface area contributed by atoms with Crippen LogP contribution in [-0.2, 0) is 7.05 Å². The van der Waals surface area contributed by atoms with Gasteiger partial charge in [0, 0.05) is 25.6 Å². The lowest BCUT2D eigenvalue weighted by Crippen LogP contribution is -1.99. The molecule has 2 heterocycles. The summed E-state index contributed by atoms with van der Waals surface area (Å²) < 4.78 is 1.90. The number of hydrogen-bond acceptors (Lipinski definition) is 3. The van der Waals surface area contributed by atoms with E-state index in [0.29, 0.717) is 0 Å². The van der Waals surface area contributed by atoms with Crippen molar-refractivity contribution < 1.29 is 0 Å². The molecule has 0 saturated heterocycles. The summed E-state index contributed by atoms with van der Waals surface area (Å²) in [6, 6.07) is 5.70. The van der Waals surface area contributed by atoms with Gasteiger partial charge in [-0.25, -0.2) is 9.97 Å². The minimum Gasteiger partial charge on any atom is -0.320 e. The molecule has 0 aromatic carbocycles. The van der Waals surface area contributed by atoms with Gasteiger partial charge in [0.05, 0.1) is 0 Å². The van der Waals surface area contributed by atoms with Crippen molar-refractivity contribution >= 4 is 11.8 Å². The Bertz CT molecular complexity index is 380. The molecule has 13 heavy (non-hydrogen) atoms. The summed E-state index contributed by atoms with van der Waals surface area (Å²) >= 11 is 0. The van der Waals surface area contributed by atoms with E-state index in [-0.39, 0.29) is 0 Å². The summed E-state index contributed by atoms with van der Waals surface area (Å²) in [4.78, 5) is 8.25. The van der Waals surface area contributed by atoms with Crippen LogP contribution in [0.1, 0.15) is 0 Å². The van der Waals surface area contributed by atoms with Gasteiger partial charge in [-0.05, 0) is 12.1 Å². The summed E-state index contributed by atoms with van der Waals surface area (Å²) in [5.74, 6) is 1.59. The lowest BCUT2D eigenvalue weighted by Gasteiger charge is -2.03. The number of nitrogens with zero attached hydrogens (tertiary/aromatic N) is 3. The fourth-order valence-electron chi connectivity index (χ4n) is 1.04. The number of nitrogens with one attached hydrogen (secondary N) is 1. The first-order chi connectivity index (χ1) is 6.36. The van der Waals surface area contributed by atoms with E-state index in [9.17, 15) is 0 Å². The molecule has 0 atom stereocenters. The van der Waals surface area contributed by atoms with E-state index in [1.807, 2.05) is 36.0 Å². The van der Waals surface area contributed by atoms with Crippen LogP contribution in [0.2, 0.25) is 0 Å². The van der Waals surface area contributed by atoms with Crippen molar-refractivity contribution in [3.05, 3.63) is 36.8 Å². The van der Waals surface area contributed by atoms with Crippen LogP contribution in [0.5, 0.6) is 0 Å². The highest BCUT2D eigenvalue weighted by Gasteiger charge is 1.98. The number of aromatic nitrogens is 3. The minimum absolute atomic E-state index is 0.790. The monoisotopic (exact) mass is 174 g/mol. The van der Waals surface area contributed by atoms with Crippen molar-refractivity contribution in [3.8, 4) is 0 Å². The van der Waals surface area contributed by atoms with E-state index >= 15 is 0 Å². The summed E-state index contributed by atoms with van der Waals surface area (Å²) in [5, 5.41) is 3.09. The number of rotatable bonds is 2. The topological polar surface area (TPSA) is 42.7 Å². The first-order valence-electron chi connectivity index (χ1n) is 4.01. The first kappa shape index (κ1) is 7.79. The molecule has 0 bridgehead atoms. The average Bonchev–Trinajstić information content (AvgIpc) is 2.54. The van der Waals surface area contributed by atoms with Crippen molar-refractivity contribution in [2.75, 3.05) is 5.32 Å². The zero-order chi connectivity index (χ0) is 9.10. The second-order valence-electron chi connectivity index (χ2n) is 2.70. The van der Waals surface area contributed by atoms with Gasteiger partial charge < -0.3 is 9.88 Å². The van der Waals surface area contributed by atoms with E-state index in [2.05, 4.69) is 15.3 Å². The van der Waals surface area contributed by atoms with Gasteiger partial charge in [-0.3, -0.25) is 0 Å². The molecule has 0 spiro atoms. The fourth-order valence-corrected chi connectivity index (χ4v) is 1.04. The summed E-state index contributed by atoms with van der Waals surface area (Å²) in [5.41, 5.74) is 0. The molecule has 2 aromatic heterocycles. The van der Waals surface area contributed by atoms with E-state index in [1.54, 1.807) is 12.4 Å². The maximum Gasteiger partial charge on any atom is 0.208 e. The van der Waals surface area contributed by atoms with Crippen LogP contribution in [-0.4, -0.2) is 14.5 Å². The molecule has 4 heteroatoms. The lowest BCUT2D eigenvalue weighted by atomic mass is 10.5. The largest absolute Gasteiger partial charge is 0.320 e. The quantitative estimate of drug-likeness (QED) is 0.751. The Morgan fingerprint density at radius 3 is 2.77 bits per heavy atom. The zero-order valence-electron chi connectivity index (χ0n) is 7.31. The van der Waals surface area contributed by atoms with Crippen LogP contribution >= 0.6 is 0 Å². The van der Waals surface area contributed by atoms with E-state index in [1.165, 1.54) is 0 Å². The molecule has 0 unspecified atom stereocenters. The van der Waals surface area contributed by atoms with E-state index in [0.717, 1.165) is 11.8 Å². The molecular weight excluding hydrogens is 164 g/mol. The molecule has 0 amide bonds. The highest BCUT2D eigenvalue weighted by atomic mass is 15.2. The molecule has 4 nitrogen and oxygen atoms in total. The average molecular weight is 174 g/mol. The fraction of sp³-hybridized carbons (Fsp3) is 0.111. The van der Waals surface area contributed by atoms with Crippen LogP contribution in [0.25, 0.3) is 0 Å². The maximum absolute atomic E-state index is 4.13. The normalized spacial score (nSPS) is 9.92.